The standard InChI is InChI=1S/C37H38O6/c1-7-33(38)42-35-23(5)31(40-9-3)21-19-29(35)37(27-17-13-11-15-25(27)26-16-12-14-18-28(26)37)30-20-22-32(41-10-4)24(6)36(30)43-34(39)8-2/h9-22,33-34,38-39H,3-4,7-8H2,1-2,5-6H3. The predicted octanol–water partition coefficient (Wildman–Crippen LogP) is 7.93. The molecule has 0 spiro atoms. The molecule has 4 aromatic carbocycles. The molecule has 1 aliphatic rings. The first-order valence-electron chi connectivity index (χ1n) is 14.5. The van der Waals surface area contributed by atoms with Crippen molar-refractivity contribution in [3.8, 4) is 34.1 Å². The highest BCUT2D eigenvalue weighted by molar-refractivity contribution is 5.88. The van der Waals surface area contributed by atoms with Crippen LogP contribution >= 0.6 is 0 Å². The number of ether oxygens (including phenoxy) is 4. The Morgan fingerprint density at radius 1 is 0.628 bits per heavy atom. The normalized spacial score (nSPS) is 14.2. The van der Waals surface area contributed by atoms with E-state index in [0.29, 0.717) is 47.0 Å². The Labute approximate surface area is 253 Å². The van der Waals surface area contributed by atoms with E-state index in [2.05, 4.69) is 37.4 Å². The van der Waals surface area contributed by atoms with Crippen LogP contribution in [0.25, 0.3) is 11.1 Å². The van der Waals surface area contributed by atoms with Gasteiger partial charge in [0.2, 0.25) is 0 Å². The van der Waals surface area contributed by atoms with Gasteiger partial charge in [-0.05, 0) is 48.2 Å². The van der Waals surface area contributed by atoms with Gasteiger partial charge >= 0.3 is 0 Å². The maximum atomic E-state index is 10.8. The molecule has 43 heavy (non-hydrogen) atoms. The van der Waals surface area contributed by atoms with E-state index in [4.69, 9.17) is 18.9 Å². The molecule has 0 aromatic heterocycles. The molecule has 4 aromatic rings. The first-order chi connectivity index (χ1) is 20.8. The Hall–Kier alpha value is -4.52. The fraction of sp³-hybridized carbons (Fsp3) is 0.243. The lowest BCUT2D eigenvalue weighted by molar-refractivity contribution is -0.0213. The Kier molecular flexibility index (Phi) is 8.62. The fourth-order valence-corrected chi connectivity index (χ4v) is 6.08. The molecule has 5 rings (SSSR count). The second-order valence-corrected chi connectivity index (χ2v) is 10.5. The van der Waals surface area contributed by atoms with Gasteiger partial charge in [0.25, 0.3) is 0 Å². The molecular formula is C37H38O6. The quantitative estimate of drug-likeness (QED) is 0.116. The van der Waals surface area contributed by atoms with E-state index < -0.39 is 18.0 Å². The van der Waals surface area contributed by atoms with Crippen molar-refractivity contribution >= 4 is 0 Å². The van der Waals surface area contributed by atoms with Crippen LogP contribution in [0, 0.1) is 13.8 Å². The third-order valence-electron chi connectivity index (χ3n) is 8.10. The van der Waals surface area contributed by atoms with Crippen LogP contribution in [-0.4, -0.2) is 22.8 Å². The van der Waals surface area contributed by atoms with E-state index in [1.54, 1.807) is 0 Å². The van der Waals surface area contributed by atoms with Crippen LogP contribution in [0.2, 0.25) is 0 Å². The summed E-state index contributed by atoms with van der Waals surface area (Å²) in [5.74, 6) is 2.11. The molecule has 0 aliphatic heterocycles. The predicted molar refractivity (Wildman–Crippen MR) is 169 cm³/mol. The maximum Gasteiger partial charge on any atom is 0.197 e. The highest BCUT2D eigenvalue weighted by Crippen LogP contribution is 2.61. The molecule has 0 radical (unpaired) electrons. The Balaban J connectivity index is 1.99. The summed E-state index contributed by atoms with van der Waals surface area (Å²) in [7, 11) is 0. The average Bonchev–Trinajstić information content (AvgIpc) is 3.32. The third-order valence-corrected chi connectivity index (χ3v) is 8.10. The molecule has 2 atom stereocenters. The van der Waals surface area contributed by atoms with Gasteiger partial charge in [0.15, 0.2) is 12.6 Å². The minimum Gasteiger partial charge on any atom is -0.465 e. The van der Waals surface area contributed by atoms with Crippen molar-refractivity contribution in [1.29, 1.82) is 0 Å². The van der Waals surface area contributed by atoms with Gasteiger partial charge in [0.05, 0.1) is 17.9 Å². The number of hydrogen-bond acceptors (Lipinski definition) is 6. The molecule has 2 unspecified atom stereocenters. The minimum atomic E-state index is -1.05. The van der Waals surface area contributed by atoms with Crippen LogP contribution in [0.5, 0.6) is 23.0 Å². The number of fused-ring (bicyclic) bond motifs is 3. The van der Waals surface area contributed by atoms with Gasteiger partial charge < -0.3 is 29.2 Å². The molecule has 0 heterocycles. The molecule has 6 nitrogen and oxygen atoms in total. The molecule has 2 N–H and O–H groups in total. The van der Waals surface area contributed by atoms with Crippen molar-refractivity contribution in [3.63, 3.8) is 0 Å². The summed E-state index contributed by atoms with van der Waals surface area (Å²) in [4.78, 5) is 0. The SMILES string of the molecule is C=COc1ccc(C2(c3ccc(OC=C)c(C)c3OC(O)CC)c3ccccc3-c3ccccc32)c(OC(O)CC)c1C. The number of benzene rings is 4. The zero-order chi connectivity index (χ0) is 30.7. The van der Waals surface area contributed by atoms with Crippen LogP contribution in [0.4, 0.5) is 0 Å². The zero-order valence-corrected chi connectivity index (χ0v) is 25.1. The topological polar surface area (TPSA) is 77.4 Å². The molecule has 0 saturated carbocycles. The van der Waals surface area contributed by atoms with Crippen LogP contribution in [0.1, 0.15) is 60.1 Å². The van der Waals surface area contributed by atoms with Gasteiger partial charge in [-0.3, -0.25) is 0 Å². The van der Waals surface area contributed by atoms with E-state index in [0.717, 1.165) is 33.4 Å². The smallest absolute Gasteiger partial charge is 0.197 e. The second kappa shape index (κ2) is 12.4. The molecule has 0 saturated heterocycles. The van der Waals surface area contributed by atoms with Crippen molar-refractivity contribution in [2.45, 2.75) is 58.5 Å². The van der Waals surface area contributed by atoms with Gasteiger partial charge in [-0.25, -0.2) is 0 Å². The van der Waals surface area contributed by atoms with Gasteiger partial charge in [-0.15, -0.1) is 0 Å². The van der Waals surface area contributed by atoms with E-state index >= 15 is 0 Å². The summed E-state index contributed by atoms with van der Waals surface area (Å²) < 4.78 is 24.2. The van der Waals surface area contributed by atoms with Crippen molar-refractivity contribution in [2.75, 3.05) is 0 Å². The van der Waals surface area contributed by atoms with E-state index in [-0.39, 0.29) is 0 Å². The maximum absolute atomic E-state index is 10.8. The number of aliphatic hydroxyl groups is 2. The molecule has 0 bridgehead atoms. The zero-order valence-electron chi connectivity index (χ0n) is 25.1. The lowest BCUT2D eigenvalue weighted by Crippen LogP contribution is -2.32. The largest absolute Gasteiger partial charge is 0.465 e. The average molecular weight is 579 g/mol. The fourth-order valence-electron chi connectivity index (χ4n) is 6.08. The van der Waals surface area contributed by atoms with Gasteiger partial charge in [0, 0.05) is 35.1 Å². The van der Waals surface area contributed by atoms with E-state index in [1.807, 2.05) is 76.2 Å². The Bertz CT molecular complexity index is 1530. The molecule has 222 valence electrons. The van der Waals surface area contributed by atoms with E-state index in [1.165, 1.54) is 12.5 Å². The Morgan fingerprint density at radius 3 is 1.40 bits per heavy atom. The molecule has 6 heteroatoms. The number of hydrogen-bond donors (Lipinski definition) is 2. The number of aliphatic hydroxyl groups excluding tert-OH is 2. The Morgan fingerprint density at radius 2 is 1.02 bits per heavy atom. The van der Waals surface area contributed by atoms with Gasteiger partial charge in [-0.2, -0.15) is 0 Å². The lowest BCUT2D eigenvalue weighted by Gasteiger charge is -2.37. The van der Waals surface area contributed by atoms with Crippen LogP contribution in [0.15, 0.2) is 98.5 Å². The summed E-state index contributed by atoms with van der Waals surface area (Å²) >= 11 is 0. The highest BCUT2D eigenvalue weighted by Gasteiger charge is 2.50. The summed E-state index contributed by atoms with van der Waals surface area (Å²) in [6.07, 6.45) is 1.41. The third kappa shape index (κ3) is 4.97. The van der Waals surface area contributed by atoms with Crippen molar-refractivity contribution in [1.82, 2.24) is 0 Å². The van der Waals surface area contributed by atoms with E-state index in [9.17, 15) is 10.2 Å². The second-order valence-electron chi connectivity index (χ2n) is 10.5. The number of rotatable bonds is 12. The summed E-state index contributed by atoms with van der Waals surface area (Å²) in [5.41, 5.74) is 6.18. The van der Waals surface area contributed by atoms with Gasteiger partial charge in [-0.1, -0.05) is 87.7 Å². The van der Waals surface area contributed by atoms with Crippen LogP contribution < -0.4 is 18.9 Å². The van der Waals surface area contributed by atoms with Gasteiger partial charge in [0.1, 0.15) is 23.0 Å². The molecule has 0 fully saturated rings. The first kappa shape index (κ1) is 30.0. The first-order valence-corrected chi connectivity index (χ1v) is 14.5. The van der Waals surface area contributed by atoms with Crippen LogP contribution in [-0.2, 0) is 5.41 Å². The molecule has 1 aliphatic carbocycles. The van der Waals surface area contributed by atoms with Crippen molar-refractivity contribution < 1.29 is 29.2 Å². The lowest BCUT2D eigenvalue weighted by atomic mass is 9.66. The molecule has 0 amide bonds. The minimum absolute atomic E-state index is 0.384. The summed E-state index contributed by atoms with van der Waals surface area (Å²) in [5, 5.41) is 21.7. The monoisotopic (exact) mass is 578 g/mol. The molecular weight excluding hydrogens is 540 g/mol. The highest BCUT2D eigenvalue weighted by atomic mass is 16.6. The summed E-state index contributed by atoms with van der Waals surface area (Å²) in [6.45, 7) is 15.0. The van der Waals surface area contributed by atoms with Crippen molar-refractivity contribution in [2.24, 2.45) is 0 Å². The summed E-state index contributed by atoms with van der Waals surface area (Å²) in [6, 6.07) is 24.3. The van der Waals surface area contributed by atoms with Crippen LogP contribution in [0.3, 0.4) is 0 Å². The van der Waals surface area contributed by atoms with Crippen molar-refractivity contribution in [3.05, 3.63) is 132 Å².